The summed E-state index contributed by atoms with van der Waals surface area (Å²) in [4.78, 5) is 19.0. The number of nitrogens with zero attached hydrogens (tertiary/aromatic N) is 3. The highest BCUT2D eigenvalue weighted by atomic mass is 16.4. The molecule has 1 unspecified atom stereocenters. The smallest absolute Gasteiger partial charge is 0.308 e. The van der Waals surface area contributed by atoms with Crippen LogP contribution in [0.4, 0.5) is 5.82 Å². The van der Waals surface area contributed by atoms with E-state index in [0.717, 1.165) is 0 Å². The van der Waals surface area contributed by atoms with Crippen molar-refractivity contribution in [3.8, 4) is 6.07 Å². The van der Waals surface area contributed by atoms with Crippen molar-refractivity contribution in [3.63, 3.8) is 0 Å². The number of hydrogen-bond acceptors (Lipinski definition) is 5. The zero-order valence-electron chi connectivity index (χ0n) is 11.3. The second-order valence-electron chi connectivity index (χ2n) is 5.58. The van der Waals surface area contributed by atoms with Crippen LogP contribution in [-0.4, -0.2) is 27.6 Å². The van der Waals surface area contributed by atoms with Gasteiger partial charge < -0.3 is 10.4 Å². The van der Waals surface area contributed by atoms with Crippen LogP contribution in [0, 0.1) is 22.7 Å². The van der Waals surface area contributed by atoms with E-state index in [4.69, 9.17) is 5.26 Å². The number of aliphatic carboxylic acids is 1. The molecule has 1 rings (SSSR count). The van der Waals surface area contributed by atoms with Gasteiger partial charge in [0.05, 0.1) is 18.3 Å². The van der Waals surface area contributed by atoms with Crippen LogP contribution in [0.15, 0.2) is 12.4 Å². The molecule has 0 amide bonds. The molecule has 0 aliphatic rings. The number of nitrogens with one attached hydrogen (secondary N) is 1. The molecule has 0 radical (unpaired) electrons. The van der Waals surface area contributed by atoms with Crippen molar-refractivity contribution >= 4 is 11.8 Å². The molecule has 102 valence electrons. The first kappa shape index (κ1) is 14.9. The number of aromatic nitrogens is 2. The number of rotatable bonds is 5. The Kier molecular flexibility index (Phi) is 4.81. The first-order chi connectivity index (χ1) is 8.81. The molecule has 2 N–H and O–H groups in total. The highest BCUT2D eigenvalue weighted by molar-refractivity contribution is 5.70. The van der Waals surface area contributed by atoms with Crippen LogP contribution >= 0.6 is 0 Å². The minimum atomic E-state index is -0.830. The molecule has 1 heterocycles. The van der Waals surface area contributed by atoms with Gasteiger partial charge in [0, 0.05) is 6.54 Å². The second kappa shape index (κ2) is 6.14. The van der Waals surface area contributed by atoms with Crippen molar-refractivity contribution in [1.82, 2.24) is 9.97 Å². The maximum Gasteiger partial charge on any atom is 0.308 e. The SMILES string of the molecule is CC(C)(C)CC(CNc1cnc(C#N)cn1)C(=O)O. The molecule has 0 aromatic carbocycles. The zero-order valence-corrected chi connectivity index (χ0v) is 11.3. The third kappa shape index (κ3) is 5.34. The Bertz CT molecular complexity index is 471. The molecule has 19 heavy (non-hydrogen) atoms. The molecule has 6 nitrogen and oxygen atoms in total. The van der Waals surface area contributed by atoms with Gasteiger partial charge in [-0.25, -0.2) is 9.97 Å². The Hall–Kier alpha value is -2.16. The fourth-order valence-corrected chi connectivity index (χ4v) is 1.69. The molecule has 0 fully saturated rings. The van der Waals surface area contributed by atoms with Crippen LogP contribution in [0.3, 0.4) is 0 Å². The van der Waals surface area contributed by atoms with Crippen LogP contribution in [-0.2, 0) is 4.79 Å². The van der Waals surface area contributed by atoms with E-state index in [1.54, 1.807) is 0 Å². The van der Waals surface area contributed by atoms with Gasteiger partial charge in [0.25, 0.3) is 0 Å². The summed E-state index contributed by atoms with van der Waals surface area (Å²) < 4.78 is 0. The van der Waals surface area contributed by atoms with Crippen molar-refractivity contribution < 1.29 is 9.90 Å². The molecule has 1 aromatic heterocycles. The maximum atomic E-state index is 11.2. The van der Waals surface area contributed by atoms with E-state index in [9.17, 15) is 9.90 Å². The Labute approximate surface area is 112 Å². The van der Waals surface area contributed by atoms with Gasteiger partial charge in [0.1, 0.15) is 11.9 Å². The van der Waals surface area contributed by atoms with E-state index in [1.165, 1.54) is 12.4 Å². The molecule has 6 heteroatoms. The standard InChI is InChI=1S/C13H18N4O2/c1-13(2,3)4-9(12(18)19)6-16-11-8-15-10(5-14)7-17-11/h7-9H,4,6H2,1-3H3,(H,16,17)(H,18,19). The number of carbonyl (C=O) groups is 1. The number of nitriles is 1. The second-order valence-corrected chi connectivity index (χ2v) is 5.58. The van der Waals surface area contributed by atoms with Gasteiger partial charge in [0.15, 0.2) is 5.69 Å². The number of carboxylic acid groups (broad SMARTS) is 1. The molecular weight excluding hydrogens is 244 g/mol. The molecule has 1 aromatic rings. The van der Waals surface area contributed by atoms with Gasteiger partial charge in [-0.15, -0.1) is 0 Å². The number of anilines is 1. The first-order valence-electron chi connectivity index (χ1n) is 6.00. The quantitative estimate of drug-likeness (QED) is 0.840. The third-order valence-corrected chi connectivity index (χ3v) is 2.50. The lowest BCUT2D eigenvalue weighted by atomic mass is 9.84. The van der Waals surface area contributed by atoms with E-state index in [-0.39, 0.29) is 17.7 Å². The zero-order chi connectivity index (χ0) is 14.5. The molecule has 0 aliphatic carbocycles. The van der Waals surface area contributed by atoms with Gasteiger partial charge in [-0.1, -0.05) is 20.8 Å². The summed E-state index contributed by atoms with van der Waals surface area (Å²) >= 11 is 0. The summed E-state index contributed by atoms with van der Waals surface area (Å²) in [5, 5.41) is 20.7. The highest BCUT2D eigenvalue weighted by Crippen LogP contribution is 2.24. The molecule has 0 aliphatic heterocycles. The van der Waals surface area contributed by atoms with Crippen molar-refractivity contribution in [3.05, 3.63) is 18.1 Å². The lowest BCUT2D eigenvalue weighted by Gasteiger charge is -2.23. The molecule has 1 atom stereocenters. The van der Waals surface area contributed by atoms with E-state index in [1.807, 2.05) is 26.8 Å². The van der Waals surface area contributed by atoms with Crippen LogP contribution in [0.25, 0.3) is 0 Å². The fraction of sp³-hybridized carbons (Fsp3) is 0.538. The van der Waals surface area contributed by atoms with Crippen molar-refractivity contribution in [2.45, 2.75) is 27.2 Å². The van der Waals surface area contributed by atoms with Crippen LogP contribution in [0.1, 0.15) is 32.9 Å². The largest absolute Gasteiger partial charge is 0.481 e. The van der Waals surface area contributed by atoms with Crippen molar-refractivity contribution in [2.75, 3.05) is 11.9 Å². The van der Waals surface area contributed by atoms with E-state index < -0.39 is 11.9 Å². The molecular formula is C13H18N4O2. The summed E-state index contributed by atoms with van der Waals surface area (Å²) in [6.07, 6.45) is 3.34. The van der Waals surface area contributed by atoms with Crippen LogP contribution < -0.4 is 5.32 Å². The highest BCUT2D eigenvalue weighted by Gasteiger charge is 2.24. The average molecular weight is 262 g/mol. The predicted octanol–water partition coefficient (Wildman–Crippen LogP) is 1.90. The average Bonchev–Trinajstić information content (AvgIpc) is 2.33. The summed E-state index contributed by atoms with van der Waals surface area (Å²) in [5.41, 5.74) is 0.177. The van der Waals surface area contributed by atoms with Gasteiger partial charge >= 0.3 is 5.97 Å². The summed E-state index contributed by atoms with van der Waals surface area (Å²) in [5.74, 6) is -0.847. The van der Waals surface area contributed by atoms with Crippen molar-refractivity contribution in [1.29, 1.82) is 5.26 Å². The molecule has 0 saturated heterocycles. The van der Waals surface area contributed by atoms with Gasteiger partial charge in [-0.3, -0.25) is 4.79 Å². The minimum absolute atomic E-state index is 0.0545. The molecule has 0 saturated carbocycles. The lowest BCUT2D eigenvalue weighted by Crippen LogP contribution is -2.27. The summed E-state index contributed by atoms with van der Waals surface area (Å²) in [6, 6.07) is 1.87. The maximum absolute atomic E-state index is 11.2. The Morgan fingerprint density at radius 2 is 2.16 bits per heavy atom. The summed E-state index contributed by atoms with van der Waals surface area (Å²) in [6.45, 7) is 6.30. The minimum Gasteiger partial charge on any atom is -0.481 e. The summed E-state index contributed by atoms with van der Waals surface area (Å²) in [7, 11) is 0. The lowest BCUT2D eigenvalue weighted by molar-refractivity contribution is -0.142. The van der Waals surface area contributed by atoms with E-state index in [2.05, 4.69) is 15.3 Å². The number of hydrogen-bond donors (Lipinski definition) is 2. The third-order valence-electron chi connectivity index (χ3n) is 2.50. The number of carboxylic acids is 1. The van der Waals surface area contributed by atoms with Crippen LogP contribution in [0.5, 0.6) is 0 Å². The van der Waals surface area contributed by atoms with E-state index in [0.29, 0.717) is 12.2 Å². The Morgan fingerprint density at radius 3 is 2.58 bits per heavy atom. The molecule has 0 bridgehead atoms. The van der Waals surface area contributed by atoms with Crippen LogP contribution in [0.2, 0.25) is 0 Å². The van der Waals surface area contributed by atoms with Gasteiger partial charge in [-0.2, -0.15) is 5.26 Å². The van der Waals surface area contributed by atoms with Gasteiger partial charge in [-0.05, 0) is 11.8 Å². The monoisotopic (exact) mass is 262 g/mol. The fourth-order valence-electron chi connectivity index (χ4n) is 1.69. The molecule has 0 spiro atoms. The normalized spacial score (nSPS) is 12.5. The van der Waals surface area contributed by atoms with Gasteiger partial charge in [0.2, 0.25) is 0 Å². The Morgan fingerprint density at radius 1 is 1.47 bits per heavy atom. The topological polar surface area (TPSA) is 98.9 Å². The van der Waals surface area contributed by atoms with E-state index >= 15 is 0 Å². The predicted molar refractivity (Wildman–Crippen MR) is 70.4 cm³/mol. The first-order valence-corrected chi connectivity index (χ1v) is 6.00. The van der Waals surface area contributed by atoms with Crippen molar-refractivity contribution in [2.24, 2.45) is 11.3 Å². The Balaban J connectivity index is 2.61.